The lowest BCUT2D eigenvalue weighted by Crippen LogP contribution is -2.09. The van der Waals surface area contributed by atoms with Crippen LogP contribution in [0.25, 0.3) is 6.08 Å². The maximum Gasteiger partial charge on any atom is 0.343 e. The highest BCUT2D eigenvalue weighted by atomic mass is 79.9. The molecule has 0 saturated heterocycles. The molecule has 2 rings (SSSR count). The molecule has 0 amide bonds. The van der Waals surface area contributed by atoms with E-state index in [1.54, 1.807) is 36.4 Å². The number of aryl methyl sites for hydroxylation is 1. The van der Waals surface area contributed by atoms with Crippen LogP contribution in [0.1, 0.15) is 21.5 Å². The van der Waals surface area contributed by atoms with Gasteiger partial charge in [0.15, 0.2) is 5.75 Å². The maximum absolute atomic E-state index is 12.2. The van der Waals surface area contributed by atoms with E-state index in [0.29, 0.717) is 20.1 Å². The average molecular weight is 441 g/mol. The van der Waals surface area contributed by atoms with Gasteiger partial charge in [0.1, 0.15) is 0 Å². The molecule has 0 aliphatic heterocycles. The molecule has 2 aromatic rings. The topological polar surface area (TPSA) is 69.4 Å². The Labute approximate surface area is 149 Å². The quantitative estimate of drug-likeness (QED) is 0.290. The van der Waals surface area contributed by atoms with Crippen LogP contribution < -0.4 is 4.74 Å². The zero-order chi connectivity index (χ0) is 17.0. The Morgan fingerprint density at radius 2 is 1.87 bits per heavy atom. The van der Waals surface area contributed by atoms with Gasteiger partial charge >= 0.3 is 5.97 Å². The molecule has 23 heavy (non-hydrogen) atoms. The molecule has 118 valence electrons. The van der Waals surface area contributed by atoms with Crippen molar-refractivity contribution < 1.29 is 14.5 Å². The van der Waals surface area contributed by atoms with Gasteiger partial charge in [-0.25, -0.2) is 4.79 Å². The molecule has 0 heterocycles. The SMILES string of the molecule is Cc1ccc(C(=O)Oc2c(Br)cc(Br)cc2/C=C/[N+](=O)[O-])cc1. The van der Waals surface area contributed by atoms with Gasteiger partial charge in [0.05, 0.1) is 15.0 Å². The summed E-state index contributed by atoms with van der Waals surface area (Å²) < 4.78 is 6.62. The molecule has 0 aliphatic carbocycles. The van der Waals surface area contributed by atoms with E-state index in [1.807, 2.05) is 6.92 Å². The van der Waals surface area contributed by atoms with Crippen molar-refractivity contribution in [3.8, 4) is 5.75 Å². The molecule has 0 bridgehead atoms. The highest BCUT2D eigenvalue weighted by Gasteiger charge is 2.15. The van der Waals surface area contributed by atoms with E-state index in [2.05, 4.69) is 31.9 Å². The molecular formula is C16H11Br2NO4. The zero-order valence-corrected chi connectivity index (χ0v) is 15.1. The first kappa shape index (κ1) is 17.4. The van der Waals surface area contributed by atoms with Crippen LogP contribution in [0.15, 0.2) is 51.5 Å². The van der Waals surface area contributed by atoms with Gasteiger partial charge in [-0.05, 0) is 47.1 Å². The first-order chi connectivity index (χ1) is 10.9. The van der Waals surface area contributed by atoms with E-state index >= 15 is 0 Å². The van der Waals surface area contributed by atoms with Gasteiger partial charge in [0.25, 0.3) is 0 Å². The summed E-state index contributed by atoms with van der Waals surface area (Å²) in [5.74, 6) is -0.319. The Morgan fingerprint density at radius 1 is 1.22 bits per heavy atom. The third-order valence-electron chi connectivity index (χ3n) is 2.89. The number of rotatable bonds is 4. The normalized spacial score (nSPS) is 10.7. The molecule has 0 unspecified atom stereocenters. The van der Waals surface area contributed by atoms with Gasteiger partial charge in [0, 0.05) is 16.1 Å². The van der Waals surface area contributed by atoms with Crippen molar-refractivity contribution >= 4 is 43.9 Å². The van der Waals surface area contributed by atoms with Crippen molar-refractivity contribution in [2.45, 2.75) is 6.92 Å². The van der Waals surface area contributed by atoms with Crippen LogP contribution >= 0.6 is 31.9 Å². The number of hydrogen-bond acceptors (Lipinski definition) is 4. The number of ether oxygens (including phenoxy) is 1. The van der Waals surface area contributed by atoms with Crippen molar-refractivity contribution in [2.24, 2.45) is 0 Å². The van der Waals surface area contributed by atoms with Crippen LogP contribution in [0.2, 0.25) is 0 Å². The van der Waals surface area contributed by atoms with Gasteiger partial charge in [-0.2, -0.15) is 0 Å². The van der Waals surface area contributed by atoms with E-state index in [0.717, 1.165) is 11.8 Å². The summed E-state index contributed by atoms with van der Waals surface area (Å²) in [6, 6.07) is 10.3. The second-order valence-corrected chi connectivity index (χ2v) is 6.43. The van der Waals surface area contributed by atoms with Crippen molar-refractivity contribution in [3.05, 3.63) is 78.3 Å². The number of benzene rings is 2. The van der Waals surface area contributed by atoms with E-state index in [1.165, 1.54) is 6.08 Å². The summed E-state index contributed by atoms with van der Waals surface area (Å²) in [6.45, 7) is 1.92. The van der Waals surface area contributed by atoms with Gasteiger partial charge in [-0.3, -0.25) is 10.1 Å². The van der Waals surface area contributed by atoms with Crippen molar-refractivity contribution in [3.63, 3.8) is 0 Å². The summed E-state index contributed by atoms with van der Waals surface area (Å²) in [4.78, 5) is 22.2. The monoisotopic (exact) mass is 439 g/mol. The van der Waals surface area contributed by atoms with E-state index in [4.69, 9.17) is 4.74 Å². The summed E-state index contributed by atoms with van der Waals surface area (Å²) in [7, 11) is 0. The van der Waals surface area contributed by atoms with Crippen LogP contribution in [0, 0.1) is 17.0 Å². The summed E-state index contributed by atoms with van der Waals surface area (Å²) in [5.41, 5.74) is 1.83. The predicted molar refractivity (Wildman–Crippen MR) is 94.0 cm³/mol. The van der Waals surface area contributed by atoms with E-state index < -0.39 is 10.9 Å². The average Bonchev–Trinajstić information content (AvgIpc) is 2.48. The highest BCUT2D eigenvalue weighted by molar-refractivity contribution is 9.11. The predicted octanol–water partition coefficient (Wildman–Crippen LogP) is 4.99. The fraction of sp³-hybridized carbons (Fsp3) is 0.0625. The lowest BCUT2D eigenvalue weighted by atomic mass is 10.1. The van der Waals surface area contributed by atoms with Gasteiger partial charge < -0.3 is 4.74 Å². The minimum Gasteiger partial charge on any atom is -0.421 e. The molecule has 7 heteroatoms. The minimum absolute atomic E-state index is 0.219. The number of carbonyl (C=O) groups excluding carboxylic acids is 1. The Morgan fingerprint density at radius 3 is 2.48 bits per heavy atom. The summed E-state index contributed by atoms with van der Waals surface area (Å²) in [5, 5.41) is 10.5. The molecule has 0 fully saturated rings. The number of esters is 1. The molecule has 0 aliphatic rings. The molecule has 2 aromatic carbocycles. The van der Waals surface area contributed by atoms with Gasteiger partial charge in [-0.15, -0.1) is 0 Å². The Bertz CT molecular complexity index is 785. The van der Waals surface area contributed by atoms with Crippen molar-refractivity contribution in [2.75, 3.05) is 0 Å². The van der Waals surface area contributed by atoms with E-state index in [9.17, 15) is 14.9 Å². The van der Waals surface area contributed by atoms with E-state index in [-0.39, 0.29) is 5.75 Å². The lowest BCUT2D eigenvalue weighted by molar-refractivity contribution is -0.400. The smallest absolute Gasteiger partial charge is 0.343 e. The second kappa shape index (κ2) is 7.52. The third kappa shape index (κ3) is 4.74. The number of hydrogen-bond donors (Lipinski definition) is 0. The summed E-state index contributed by atoms with van der Waals surface area (Å²) >= 11 is 6.61. The van der Waals surface area contributed by atoms with Crippen LogP contribution in [-0.2, 0) is 0 Å². The lowest BCUT2D eigenvalue weighted by Gasteiger charge is -2.10. The molecule has 0 saturated carbocycles. The van der Waals surface area contributed by atoms with Gasteiger partial charge in [-0.1, -0.05) is 33.6 Å². The number of nitrogens with zero attached hydrogens (tertiary/aromatic N) is 1. The Hall–Kier alpha value is -1.99. The molecule has 0 spiro atoms. The molecule has 0 aromatic heterocycles. The standard InChI is InChI=1S/C16H11Br2NO4/c1-10-2-4-11(5-3-10)16(20)23-15-12(6-7-19(21)22)8-13(17)9-14(15)18/h2-9H,1H3/b7-6+. The number of nitro groups is 1. The van der Waals surface area contributed by atoms with Crippen LogP contribution in [0.4, 0.5) is 0 Å². The number of halogens is 2. The zero-order valence-electron chi connectivity index (χ0n) is 12.0. The molecular weight excluding hydrogens is 430 g/mol. The highest BCUT2D eigenvalue weighted by Crippen LogP contribution is 2.34. The van der Waals surface area contributed by atoms with Crippen molar-refractivity contribution in [1.29, 1.82) is 0 Å². The fourth-order valence-electron chi connectivity index (χ4n) is 1.79. The molecule has 0 atom stereocenters. The number of carbonyl (C=O) groups is 1. The Kier molecular flexibility index (Phi) is 5.68. The Balaban J connectivity index is 2.36. The van der Waals surface area contributed by atoms with Crippen LogP contribution in [0.5, 0.6) is 5.75 Å². The van der Waals surface area contributed by atoms with Crippen molar-refractivity contribution in [1.82, 2.24) is 0 Å². The molecule has 5 nitrogen and oxygen atoms in total. The third-order valence-corrected chi connectivity index (χ3v) is 3.94. The van der Waals surface area contributed by atoms with Crippen LogP contribution in [0.3, 0.4) is 0 Å². The largest absolute Gasteiger partial charge is 0.421 e. The van der Waals surface area contributed by atoms with Gasteiger partial charge in [0.2, 0.25) is 6.20 Å². The molecule has 0 radical (unpaired) electrons. The summed E-state index contributed by atoms with van der Waals surface area (Å²) in [6.07, 6.45) is 2.06. The van der Waals surface area contributed by atoms with Crippen LogP contribution in [-0.4, -0.2) is 10.9 Å². The fourth-order valence-corrected chi connectivity index (χ4v) is 3.13. The maximum atomic E-state index is 12.2. The minimum atomic E-state index is -0.583. The first-order valence-corrected chi connectivity index (χ1v) is 8.05. The second-order valence-electron chi connectivity index (χ2n) is 4.66. The molecule has 0 N–H and O–H groups in total. The first-order valence-electron chi connectivity index (χ1n) is 6.46.